The Hall–Kier alpha value is -0.960. The van der Waals surface area contributed by atoms with Crippen molar-refractivity contribution in [2.24, 2.45) is 5.92 Å². The number of alkyl halides is 3. The van der Waals surface area contributed by atoms with E-state index in [1.54, 1.807) is 0 Å². The molecule has 1 unspecified atom stereocenters. The number of carbonyl (C=O) groups excluding carboxylic acids is 2. The lowest BCUT2D eigenvalue weighted by atomic mass is 9.96. The molecule has 0 radical (unpaired) electrons. The van der Waals surface area contributed by atoms with Crippen LogP contribution >= 0.6 is 11.8 Å². The third kappa shape index (κ3) is 5.87. The van der Waals surface area contributed by atoms with Gasteiger partial charge < -0.3 is 15.5 Å². The molecule has 2 aliphatic rings. The van der Waals surface area contributed by atoms with Crippen molar-refractivity contribution < 1.29 is 22.8 Å². The van der Waals surface area contributed by atoms with E-state index < -0.39 is 12.1 Å². The number of piperidine rings is 1. The van der Waals surface area contributed by atoms with Crippen molar-refractivity contribution in [1.82, 2.24) is 15.5 Å². The third-order valence-corrected chi connectivity index (χ3v) is 5.29. The molecule has 132 valence electrons. The number of likely N-dealkylation sites (tertiary alicyclic amines) is 1. The van der Waals surface area contributed by atoms with E-state index in [4.69, 9.17) is 0 Å². The van der Waals surface area contributed by atoms with Gasteiger partial charge in [-0.1, -0.05) is 0 Å². The Kier molecular flexibility index (Phi) is 6.58. The zero-order valence-electron chi connectivity index (χ0n) is 12.8. The molecule has 2 rings (SSSR count). The Morgan fingerprint density at radius 1 is 1.26 bits per heavy atom. The van der Waals surface area contributed by atoms with E-state index in [2.05, 4.69) is 10.6 Å². The Morgan fingerprint density at radius 3 is 2.52 bits per heavy atom. The highest BCUT2D eigenvalue weighted by molar-refractivity contribution is 7.99. The van der Waals surface area contributed by atoms with E-state index in [-0.39, 0.29) is 31.0 Å². The van der Waals surface area contributed by atoms with Crippen LogP contribution in [0.4, 0.5) is 13.2 Å². The predicted molar refractivity (Wildman–Crippen MR) is 82.1 cm³/mol. The van der Waals surface area contributed by atoms with Gasteiger partial charge in [0.1, 0.15) is 0 Å². The molecule has 2 heterocycles. The fourth-order valence-corrected chi connectivity index (χ4v) is 3.77. The maximum Gasteiger partial charge on any atom is 0.471 e. The molecule has 23 heavy (non-hydrogen) atoms. The van der Waals surface area contributed by atoms with Crippen LogP contribution in [0.25, 0.3) is 0 Å². The first kappa shape index (κ1) is 18.4. The zero-order valence-corrected chi connectivity index (χ0v) is 13.6. The number of hydrogen-bond acceptors (Lipinski definition) is 4. The summed E-state index contributed by atoms with van der Waals surface area (Å²) in [6, 6.07) is 0.194. The van der Waals surface area contributed by atoms with E-state index >= 15 is 0 Å². The highest BCUT2D eigenvalue weighted by Gasteiger charge is 2.43. The molecule has 2 N–H and O–H groups in total. The smallest absolute Gasteiger partial charge is 0.356 e. The van der Waals surface area contributed by atoms with Crippen LogP contribution < -0.4 is 10.6 Å². The molecule has 0 aliphatic carbocycles. The third-order valence-electron chi connectivity index (χ3n) is 4.16. The van der Waals surface area contributed by atoms with Gasteiger partial charge in [0.25, 0.3) is 0 Å². The van der Waals surface area contributed by atoms with Crippen LogP contribution in [0.15, 0.2) is 0 Å². The van der Waals surface area contributed by atoms with Crippen molar-refractivity contribution in [3.8, 4) is 0 Å². The summed E-state index contributed by atoms with van der Waals surface area (Å²) in [5, 5.41) is 6.15. The fraction of sp³-hybridized carbons (Fsp3) is 0.857. The molecule has 1 atom stereocenters. The average Bonchev–Trinajstić information content (AvgIpc) is 2.53. The number of hydrogen-bond donors (Lipinski definition) is 2. The fourth-order valence-electron chi connectivity index (χ4n) is 2.82. The SMILES string of the molecule is O=C(CC1CSCCN1)NCC1CCN(C(=O)C(F)(F)F)CC1. The van der Waals surface area contributed by atoms with E-state index in [1.165, 1.54) is 0 Å². The molecule has 0 bridgehead atoms. The minimum Gasteiger partial charge on any atom is -0.356 e. The monoisotopic (exact) mass is 353 g/mol. The van der Waals surface area contributed by atoms with Crippen molar-refractivity contribution in [2.75, 3.05) is 37.7 Å². The van der Waals surface area contributed by atoms with Gasteiger partial charge in [0.2, 0.25) is 5.91 Å². The summed E-state index contributed by atoms with van der Waals surface area (Å²) in [6.45, 7) is 1.57. The van der Waals surface area contributed by atoms with Crippen LogP contribution in [0.1, 0.15) is 19.3 Å². The van der Waals surface area contributed by atoms with Gasteiger partial charge >= 0.3 is 12.1 Å². The van der Waals surface area contributed by atoms with Gasteiger partial charge in [-0.15, -0.1) is 0 Å². The van der Waals surface area contributed by atoms with Crippen LogP contribution in [0.2, 0.25) is 0 Å². The Bertz CT molecular complexity index is 420. The maximum absolute atomic E-state index is 12.4. The first-order valence-electron chi connectivity index (χ1n) is 7.80. The van der Waals surface area contributed by atoms with Gasteiger partial charge in [-0.2, -0.15) is 24.9 Å². The second-order valence-corrected chi connectivity index (χ2v) is 7.12. The Balaban J connectivity index is 1.64. The first-order chi connectivity index (χ1) is 10.9. The second kappa shape index (κ2) is 8.23. The number of rotatable bonds is 4. The van der Waals surface area contributed by atoms with Crippen molar-refractivity contribution >= 4 is 23.6 Å². The molecule has 0 spiro atoms. The quantitative estimate of drug-likeness (QED) is 0.792. The molecule has 2 fully saturated rings. The number of halogens is 3. The van der Waals surface area contributed by atoms with Crippen LogP contribution in [0.3, 0.4) is 0 Å². The van der Waals surface area contributed by atoms with Gasteiger partial charge in [-0.25, -0.2) is 0 Å². The number of nitrogens with one attached hydrogen (secondary N) is 2. The van der Waals surface area contributed by atoms with Crippen LogP contribution in [-0.2, 0) is 9.59 Å². The predicted octanol–water partition coefficient (Wildman–Crippen LogP) is 0.999. The van der Waals surface area contributed by atoms with Crippen molar-refractivity contribution in [2.45, 2.75) is 31.5 Å². The van der Waals surface area contributed by atoms with Crippen LogP contribution in [0.5, 0.6) is 0 Å². The summed E-state index contributed by atoms with van der Waals surface area (Å²) in [6.07, 6.45) is -3.40. The molecule has 0 saturated carbocycles. The molecule has 0 aromatic carbocycles. The molecule has 5 nitrogen and oxygen atoms in total. The summed E-state index contributed by atoms with van der Waals surface area (Å²) in [5.41, 5.74) is 0. The molecular formula is C14H22F3N3O2S. The minimum atomic E-state index is -4.80. The first-order valence-corrected chi connectivity index (χ1v) is 8.95. The molecule has 2 aliphatic heterocycles. The minimum absolute atomic E-state index is 0.0289. The number of nitrogens with zero attached hydrogens (tertiary/aromatic N) is 1. The lowest BCUT2D eigenvalue weighted by Crippen LogP contribution is -2.47. The van der Waals surface area contributed by atoms with E-state index in [9.17, 15) is 22.8 Å². The van der Waals surface area contributed by atoms with Gasteiger partial charge in [-0.3, -0.25) is 9.59 Å². The van der Waals surface area contributed by atoms with Crippen molar-refractivity contribution in [3.63, 3.8) is 0 Å². The van der Waals surface area contributed by atoms with Gasteiger partial charge in [0.15, 0.2) is 0 Å². The number of carbonyl (C=O) groups is 2. The van der Waals surface area contributed by atoms with Gasteiger partial charge in [-0.05, 0) is 18.8 Å². The standard InChI is InChI=1S/C14H22F3N3O2S/c15-14(16,17)13(22)20-4-1-10(2-5-20)8-19-12(21)7-11-9-23-6-3-18-11/h10-11,18H,1-9H2,(H,19,21). The normalized spacial score (nSPS) is 23.6. The Labute approximate surface area is 137 Å². The van der Waals surface area contributed by atoms with E-state index in [1.807, 2.05) is 11.8 Å². The summed E-state index contributed by atoms with van der Waals surface area (Å²) >= 11 is 1.82. The second-order valence-electron chi connectivity index (χ2n) is 5.97. The summed E-state index contributed by atoms with van der Waals surface area (Å²) in [5.74, 6) is 0.322. The summed E-state index contributed by atoms with van der Waals surface area (Å²) in [4.78, 5) is 23.9. The molecule has 0 aromatic rings. The maximum atomic E-state index is 12.4. The number of thioether (sulfide) groups is 1. The van der Waals surface area contributed by atoms with E-state index in [0.29, 0.717) is 25.8 Å². The summed E-state index contributed by atoms with van der Waals surface area (Å²) in [7, 11) is 0. The molecule has 9 heteroatoms. The molecule has 0 aromatic heterocycles. The van der Waals surface area contributed by atoms with Crippen LogP contribution in [-0.4, -0.2) is 66.6 Å². The van der Waals surface area contributed by atoms with Crippen LogP contribution in [0, 0.1) is 5.92 Å². The number of amides is 2. The van der Waals surface area contributed by atoms with E-state index in [0.717, 1.165) is 23.0 Å². The highest BCUT2D eigenvalue weighted by Crippen LogP contribution is 2.23. The largest absolute Gasteiger partial charge is 0.471 e. The average molecular weight is 353 g/mol. The van der Waals surface area contributed by atoms with Gasteiger partial charge in [0.05, 0.1) is 0 Å². The summed E-state index contributed by atoms with van der Waals surface area (Å²) < 4.78 is 37.1. The lowest BCUT2D eigenvalue weighted by Gasteiger charge is -2.32. The highest BCUT2D eigenvalue weighted by atomic mass is 32.2. The Morgan fingerprint density at radius 2 is 1.96 bits per heavy atom. The van der Waals surface area contributed by atoms with Gasteiger partial charge in [0, 0.05) is 50.1 Å². The van der Waals surface area contributed by atoms with Crippen molar-refractivity contribution in [3.05, 3.63) is 0 Å². The zero-order chi connectivity index (χ0) is 16.9. The molecule has 2 saturated heterocycles. The molecular weight excluding hydrogens is 331 g/mol. The topological polar surface area (TPSA) is 61.4 Å². The lowest BCUT2D eigenvalue weighted by molar-refractivity contribution is -0.186. The molecule has 2 amide bonds. The van der Waals surface area contributed by atoms with Crippen molar-refractivity contribution in [1.29, 1.82) is 0 Å².